The first-order chi connectivity index (χ1) is 11.3. The van der Waals surface area contributed by atoms with Gasteiger partial charge in [-0.05, 0) is 43.2 Å². The average molecular weight is 347 g/mol. The highest BCUT2D eigenvalue weighted by molar-refractivity contribution is 7.90. The number of sulfone groups is 1. The summed E-state index contributed by atoms with van der Waals surface area (Å²) in [6.45, 7) is 3.68. The normalized spacial score (nSPS) is 12.5. The summed E-state index contributed by atoms with van der Waals surface area (Å²) in [4.78, 5) is 12.3. The van der Waals surface area contributed by atoms with E-state index in [1.165, 1.54) is 12.1 Å². The number of amides is 1. The van der Waals surface area contributed by atoms with Crippen LogP contribution in [0.3, 0.4) is 0 Å². The molecule has 0 aliphatic carbocycles. The molecule has 0 spiro atoms. The molecule has 1 atom stereocenters. The maximum Gasteiger partial charge on any atom is 0.258 e. The third kappa shape index (κ3) is 4.83. The van der Waals surface area contributed by atoms with Crippen LogP contribution in [0.15, 0.2) is 53.4 Å². The fourth-order valence-corrected chi connectivity index (χ4v) is 2.86. The van der Waals surface area contributed by atoms with E-state index in [0.717, 1.165) is 17.4 Å². The maximum atomic E-state index is 12.0. The van der Waals surface area contributed by atoms with Crippen LogP contribution in [-0.4, -0.2) is 27.2 Å². The average Bonchev–Trinajstić information content (AvgIpc) is 2.53. The minimum atomic E-state index is -3.22. The highest BCUT2D eigenvalue weighted by Crippen LogP contribution is 2.17. The van der Waals surface area contributed by atoms with Crippen molar-refractivity contribution in [1.82, 2.24) is 5.32 Å². The Kier molecular flexibility index (Phi) is 5.62. The van der Waals surface area contributed by atoms with E-state index in [1.807, 2.05) is 38.1 Å². The van der Waals surface area contributed by atoms with Gasteiger partial charge in [0, 0.05) is 6.26 Å². The molecule has 0 saturated heterocycles. The van der Waals surface area contributed by atoms with Crippen molar-refractivity contribution in [2.45, 2.75) is 24.8 Å². The van der Waals surface area contributed by atoms with Gasteiger partial charge in [0.25, 0.3) is 5.91 Å². The highest BCUT2D eigenvalue weighted by atomic mass is 32.2. The Morgan fingerprint density at radius 3 is 2.33 bits per heavy atom. The molecule has 0 radical (unpaired) electrons. The van der Waals surface area contributed by atoms with Crippen molar-refractivity contribution >= 4 is 15.7 Å². The molecule has 0 bridgehead atoms. The first-order valence-corrected chi connectivity index (χ1v) is 9.44. The molecule has 0 heterocycles. The standard InChI is InChI=1S/C18H21NO4S/c1-13-6-4-5-7-17(13)23-12-18(20)19-14(2)15-8-10-16(11-9-15)24(3,21)22/h4-11,14H,12H2,1-3H3,(H,19,20)/t14-/m0/s1. The Labute approximate surface area is 142 Å². The summed E-state index contributed by atoms with van der Waals surface area (Å²) in [6, 6.07) is 13.7. The number of hydrogen-bond donors (Lipinski definition) is 1. The second kappa shape index (κ2) is 7.49. The van der Waals surface area contributed by atoms with Crippen LogP contribution in [0.25, 0.3) is 0 Å². The van der Waals surface area contributed by atoms with Crippen molar-refractivity contribution < 1.29 is 17.9 Å². The van der Waals surface area contributed by atoms with Crippen LogP contribution in [0.2, 0.25) is 0 Å². The van der Waals surface area contributed by atoms with Crippen LogP contribution in [-0.2, 0) is 14.6 Å². The molecule has 5 nitrogen and oxygen atoms in total. The Morgan fingerprint density at radius 1 is 1.12 bits per heavy atom. The van der Waals surface area contributed by atoms with Crippen molar-refractivity contribution in [3.8, 4) is 5.75 Å². The number of rotatable bonds is 6. The quantitative estimate of drug-likeness (QED) is 0.872. The third-order valence-electron chi connectivity index (χ3n) is 3.64. The Bertz CT molecular complexity index is 813. The number of ether oxygens (including phenoxy) is 1. The highest BCUT2D eigenvalue weighted by Gasteiger charge is 2.12. The van der Waals surface area contributed by atoms with Crippen molar-refractivity contribution in [2.24, 2.45) is 0 Å². The number of carbonyl (C=O) groups excluding carboxylic acids is 1. The number of hydrogen-bond acceptors (Lipinski definition) is 4. The number of carbonyl (C=O) groups is 1. The molecule has 2 aromatic carbocycles. The van der Waals surface area contributed by atoms with Crippen LogP contribution in [0, 0.1) is 6.92 Å². The van der Waals surface area contributed by atoms with Crippen molar-refractivity contribution in [3.63, 3.8) is 0 Å². The summed E-state index contributed by atoms with van der Waals surface area (Å²) in [5.41, 5.74) is 1.79. The maximum absolute atomic E-state index is 12.0. The molecule has 128 valence electrons. The smallest absolute Gasteiger partial charge is 0.258 e. The van der Waals surface area contributed by atoms with E-state index in [2.05, 4.69) is 5.32 Å². The summed E-state index contributed by atoms with van der Waals surface area (Å²) in [5.74, 6) is 0.441. The molecule has 2 rings (SSSR count). The summed E-state index contributed by atoms with van der Waals surface area (Å²) < 4.78 is 28.4. The van der Waals surface area contributed by atoms with Gasteiger partial charge >= 0.3 is 0 Å². The Balaban J connectivity index is 1.93. The van der Waals surface area contributed by atoms with Crippen LogP contribution in [0.5, 0.6) is 5.75 Å². The molecule has 1 amide bonds. The van der Waals surface area contributed by atoms with Crippen molar-refractivity contribution in [2.75, 3.05) is 12.9 Å². The lowest BCUT2D eigenvalue weighted by Crippen LogP contribution is -2.31. The molecule has 0 fully saturated rings. The molecule has 6 heteroatoms. The van der Waals surface area contributed by atoms with Crippen LogP contribution < -0.4 is 10.1 Å². The van der Waals surface area contributed by atoms with Gasteiger partial charge in [-0.1, -0.05) is 30.3 Å². The molecule has 0 unspecified atom stereocenters. The van der Waals surface area contributed by atoms with E-state index in [9.17, 15) is 13.2 Å². The zero-order valence-electron chi connectivity index (χ0n) is 13.9. The van der Waals surface area contributed by atoms with Gasteiger partial charge in [0.2, 0.25) is 0 Å². The molecule has 0 aliphatic rings. The second-order valence-corrected chi connectivity index (χ2v) is 7.70. The van der Waals surface area contributed by atoms with Gasteiger partial charge in [0.05, 0.1) is 10.9 Å². The largest absolute Gasteiger partial charge is 0.484 e. The monoisotopic (exact) mass is 347 g/mol. The van der Waals surface area contributed by atoms with Gasteiger partial charge < -0.3 is 10.1 Å². The van der Waals surface area contributed by atoms with E-state index in [-0.39, 0.29) is 23.5 Å². The lowest BCUT2D eigenvalue weighted by molar-refractivity contribution is -0.123. The minimum Gasteiger partial charge on any atom is -0.484 e. The SMILES string of the molecule is Cc1ccccc1OCC(=O)N[C@@H](C)c1ccc(S(C)(=O)=O)cc1. The van der Waals surface area contributed by atoms with E-state index >= 15 is 0 Å². The lowest BCUT2D eigenvalue weighted by atomic mass is 10.1. The van der Waals surface area contributed by atoms with E-state index in [0.29, 0.717) is 5.75 Å². The first kappa shape index (κ1) is 18.0. The predicted octanol–water partition coefficient (Wildman–Crippen LogP) is 2.65. The summed E-state index contributed by atoms with van der Waals surface area (Å²) in [6.07, 6.45) is 1.16. The Morgan fingerprint density at radius 2 is 1.75 bits per heavy atom. The fraction of sp³-hybridized carbons (Fsp3) is 0.278. The summed E-state index contributed by atoms with van der Waals surface area (Å²) >= 11 is 0. The molecular formula is C18H21NO4S. The van der Waals surface area contributed by atoms with Crippen LogP contribution >= 0.6 is 0 Å². The molecule has 24 heavy (non-hydrogen) atoms. The molecular weight excluding hydrogens is 326 g/mol. The van der Waals surface area contributed by atoms with Gasteiger partial charge in [-0.15, -0.1) is 0 Å². The zero-order valence-corrected chi connectivity index (χ0v) is 14.8. The van der Waals surface area contributed by atoms with Crippen LogP contribution in [0.1, 0.15) is 24.1 Å². The number of benzene rings is 2. The summed E-state index contributed by atoms with van der Waals surface area (Å²) in [7, 11) is -3.22. The van der Waals surface area contributed by atoms with Gasteiger partial charge in [0.1, 0.15) is 5.75 Å². The summed E-state index contributed by atoms with van der Waals surface area (Å²) in [5, 5.41) is 2.83. The molecule has 0 aromatic heterocycles. The second-order valence-electron chi connectivity index (χ2n) is 5.68. The van der Waals surface area contributed by atoms with E-state index < -0.39 is 9.84 Å². The van der Waals surface area contributed by atoms with Crippen molar-refractivity contribution in [1.29, 1.82) is 0 Å². The van der Waals surface area contributed by atoms with Gasteiger partial charge in [-0.2, -0.15) is 0 Å². The number of aryl methyl sites for hydroxylation is 1. The predicted molar refractivity (Wildman–Crippen MR) is 92.8 cm³/mol. The molecule has 0 saturated carbocycles. The topological polar surface area (TPSA) is 72.5 Å². The van der Waals surface area contributed by atoms with Gasteiger partial charge in [-0.25, -0.2) is 8.42 Å². The lowest BCUT2D eigenvalue weighted by Gasteiger charge is -2.15. The van der Waals surface area contributed by atoms with E-state index in [1.54, 1.807) is 12.1 Å². The minimum absolute atomic E-state index is 0.0728. The number of nitrogens with one attached hydrogen (secondary N) is 1. The zero-order chi connectivity index (χ0) is 17.7. The van der Waals surface area contributed by atoms with Crippen LogP contribution in [0.4, 0.5) is 0 Å². The van der Waals surface area contributed by atoms with Gasteiger partial charge in [-0.3, -0.25) is 4.79 Å². The number of para-hydroxylation sites is 1. The van der Waals surface area contributed by atoms with Gasteiger partial charge in [0.15, 0.2) is 16.4 Å². The molecule has 0 aliphatic heterocycles. The third-order valence-corrected chi connectivity index (χ3v) is 4.77. The molecule has 2 aromatic rings. The Hall–Kier alpha value is -2.34. The van der Waals surface area contributed by atoms with E-state index in [4.69, 9.17) is 4.74 Å². The fourth-order valence-electron chi connectivity index (χ4n) is 2.23. The molecule has 1 N–H and O–H groups in total. The first-order valence-electron chi connectivity index (χ1n) is 7.55. The van der Waals surface area contributed by atoms with Crippen molar-refractivity contribution in [3.05, 3.63) is 59.7 Å².